The molecule has 4 heteroatoms. The van der Waals surface area contributed by atoms with Crippen molar-refractivity contribution in [3.05, 3.63) is 24.3 Å². The van der Waals surface area contributed by atoms with Crippen LogP contribution in [0.3, 0.4) is 0 Å². The number of hydrogen-bond donors (Lipinski definition) is 1. The number of ether oxygens (including phenoxy) is 1. The number of methoxy groups -OCH3 is 1. The summed E-state index contributed by atoms with van der Waals surface area (Å²) >= 11 is 6.23. The Morgan fingerprint density at radius 3 is 2.65 bits per heavy atom. The van der Waals surface area contributed by atoms with Gasteiger partial charge in [0.1, 0.15) is 10.6 Å². The number of carbonyl (C=O) groups is 1. The second kappa shape index (κ2) is 4.57. The van der Waals surface area contributed by atoms with Gasteiger partial charge < -0.3 is 10.1 Å². The molecule has 0 heterocycles. The van der Waals surface area contributed by atoms with Crippen molar-refractivity contribution in [1.82, 2.24) is 0 Å². The van der Waals surface area contributed by atoms with Crippen LogP contribution in [0.15, 0.2) is 24.3 Å². The summed E-state index contributed by atoms with van der Waals surface area (Å²) in [5.41, 5.74) is 0.748. The van der Waals surface area contributed by atoms with Gasteiger partial charge in [-0.3, -0.25) is 4.79 Å². The van der Waals surface area contributed by atoms with Gasteiger partial charge in [0, 0.05) is 5.69 Å². The topological polar surface area (TPSA) is 38.3 Å². The van der Waals surface area contributed by atoms with Crippen molar-refractivity contribution in [3.63, 3.8) is 0 Å². The Bertz CT molecular complexity index is 418. The highest BCUT2D eigenvalue weighted by Gasteiger charge is 2.57. The van der Waals surface area contributed by atoms with Gasteiger partial charge in [0.25, 0.3) is 0 Å². The number of alkyl halides is 1. The molecule has 1 fully saturated rings. The summed E-state index contributed by atoms with van der Waals surface area (Å²) in [5, 5.41) is 2.83. The average Bonchev–Trinajstić information content (AvgIpc) is 3.03. The second-order valence-electron chi connectivity index (χ2n) is 4.35. The van der Waals surface area contributed by atoms with Crippen LogP contribution in [0.5, 0.6) is 5.75 Å². The van der Waals surface area contributed by atoms with Crippen molar-refractivity contribution < 1.29 is 9.53 Å². The van der Waals surface area contributed by atoms with Crippen LogP contribution in [0.2, 0.25) is 0 Å². The Morgan fingerprint density at radius 1 is 1.53 bits per heavy atom. The Labute approximate surface area is 106 Å². The normalized spacial score (nSPS) is 26.4. The Morgan fingerprint density at radius 2 is 2.18 bits per heavy atom. The number of hydrogen-bond acceptors (Lipinski definition) is 2. The van der Waals surface area contributed by atoms with Gasteiger partial charge in [0.2, 0.25) is 5.91 Å². The average molecular weight is 254 g/mol. The molecule has 2 unspecified atom stereocenters. The first-order valence-corrected chi connectivity index (χ1v) is 6.12. The Hall–Kier alpha value is -1.22. The van der Waals surface area contributed by atoms with E-state index in [0.717, 1.165) is 24.3 Å². The molecular weight excluding hydrogens is 238 g/mol. The first-order chi connectivity index (χ1) is 8.10. The summed E-state index contributed by atoms with van der Waals surface area (Å²) in [6.45, 7) is 2.05. The van der Waals surface area contributed by atoms with Gasteiger partial charge in [-0.1, -0.05) is 13.3 Å². The fraction of sp³-hybridized carbons (Fsp3) is 0.462. The quantitative estimate of drug-likeness (QED) is 0.838. The molecule has 3 nitrogen and oxygen atoms in total. The van der Waals surface area contributed by atoms with Crippen molar-refractivity contribution in [3.8, 4) is 5.75 Å². The molecule has 1 aromatic rings. The molecular formula is C13H16ClNO2. The maximum atomic E-state index is 11.9. The third-order valence-corrected chi connectivity index (χ3v) is 3.88. The summed E-state index contributed by atoms with van der Waals surface area (Å²) in [6, 6.07) is 7.22. The lowest BCUT2D eigenvalue weighted by atomic mass is 10.2. The number of nitrogens with one attached hydrogen (secondary N) is 1. The molecule has 0 saturated heterocycles. The molecule has 1 saturated carbocycles. The summed E-state index contributed by atoms with van der Waals surface area (Å²) < 4.78 is 5.05. The molecule has 0 aliphatic heterocycles. The summed E-state index contributed by atoms with van der Waals surface area (Å²) in [6.07, 6.45) is 1.71. The molecule has 2 rings (SSSR count). The van der Waals surface area contributed by atoms with Gasteiger partial charge >= 0.3 is 0 Å². The maximum absolute atomic E-state index is 11.9. The molecule has 1 aromatic carbocycles. The summed E-state index contributed by atoms with van der Waals surface area (Å²) in [4.78, 5) is 11.3. The number of amides is 1. The first-order valence-electron chi connectivity index (χ1n) is 5.74. The van der Waals surface area contributed by atoms with Crippen molar-refractivity contribution in [2.45, 2.75) is 24.6 Å². The molecule has 1 N–H and O–H groups in total. The Balaban J connectivity index is 1.99. The highest BCUT2D eigenvalue weighted by atomic mass is 35.5. The third-order valence-electron chi connectivity index (χ3n) is 3.25. The molecule has 1 aliphatic carbocycles. The zero-order chi connectivity index (χ0) is 12.5. The smallest absolute Gasteiger partial charge is 0.245 e. The molecule has 17 heavy (non-hydrogen) atoms. The van der Waals surface area contributed by atoms with Gasteiger partial charge in [-0.2, -0.15) is 0 Å². The van der Waals surface area contributed by atoms with Gasteiger partial charge in [0.15, 0.2) is 0 Å². The predicted molar refractivity (Wildman–Crippen MR) is 68.6 cm³/mol. The number of carbonyl (C=O) groups excluding carboxylic acids is 1. The van der Waals surface area contributed by atoms with Crippen LogP contribution in [0, 0.1) is 5.92 Å². The van der Waals surface area contributed by atoms with Crippen LogP contribution in [0.4, 0.5) is 5.69 Å². The van der Waals surface area contributed by atoms with Crippen LogP contribution in [0.1, 0.15) is 19.8 Å². The third kappa shape index (κ3) is 2.39. The van der Waals surface area contributed by atoms with E-state index in [0.29, 0.717) is 5.92 Å². The molecule has 0 radical (unpaired) electrons. The van der Waals surface area contributed by atoms with E-state index in [4.69, 9.17) is 16.3 Å². The highest BCUT2D eigenvalue weighted by Crippen LogP contribution is 2.52. The molecule has 1 amide bonds. The predicted octanol–water partition coefficient (Wildman–Crippen LogP) is 3.04. The number of halogens is 1. The van der Waals surface area contributed by atoms with E-state index in [2.05, 4.69) is 12.2 Å². The van der Waals surface area contributed by atoms with Crippen LogP contribution in [-0.2, 0) is 4.79 Å². The van der Waals surface area contributed by atoms with Crippen LogP contribution in [0.25, 0.3) is 0 Å². The molecule has 0 aromatic heterocycles. The fourth-order valence-electron chi connectivity index (χ4n) is 1.95. The van der Waals surface area contributed by atoms with Crippen molar-refractivity contribution in [2.75, 3.05) is 12.4 Å². The molecule has 2 atom stereocenters. The fourth-order valence-corrected chi connectivity index (χ4v) is 2.34. The lowest BCUT2D eigenvalue weighted by molar-refractivity contribution is -0.116. The van der Waals surface area contributed by atoms with Crippen LogP contribution in [-0.4, -0.2) is 17.9 Å². The lowest BCUT2D eigenvalue weighted by Crippen LogP contribution is -2.26. The van der Waals surface area contributed by atoms with Crippen molar-refractivity contribution in [1.29, 1.82) is 0 Å². The van der Waals surface area contributed by atoms with Gasteiger partial charge in [-0.25, -0.2) is 0 Å². The largest absolute Gasteiger partial charge is 0.497 e. The van der Waals surface area contributed by atoms with E-state index in [1.54, 1.807) is 31.4 Å². The van der Waals surface area contributed by atoms with Gasteiger partial charge in [0.05, 0.1) is 7.11 Å². The monoisotopic (exact) mass is 253 g/mol. The zero-order valence-electron chi connectivity index (χ0n) is 10.00. The first kappa shape index (κ1) is 12.2. The van der Waals surface area contributed by atoms with E-state index in [1.807, 2.05) is 0 Å². The van der Waals surface area contributed by atoms with Crippen LogP contribution >= 0.6 is 11.6 Å². The van der Waals surface area contributed by atoms with E-state index in [1.165, 1.54) is 0 Å². The maximum Gasteiger partial charge on any atom is 0.245 e. The molecule has 0 bridgehead atoms. The number of anilines is 1. The number of benzene rings is 1. The van der Waals surface area contributed by atoms with E-state index in [9.17, 15) is 4.79 Å². The zero-order valence-corrected chi connectivity index (χ0v) is 10.8. The summed E-state index contributed by atoms with van der Waals surface area (Å²) in [5.74, 6) is 0.972. The van der Waals surface area contributed by atoms with E-state index < -0.39 is 4.87 Å². The summed E-state index contributed by atoms with van der Waals surface area (Å²) in [7, 11) is 1.61. The molecule has 92 valence electrons. The minimum absolute atomic E-state index is 0.101. The minimum Gasteiger partial charge on any atom is -0.497 e. The van der Waals surface area contributed by atoms with Crippen molar-refractivity contribution in [2.24, 2.45) is 5.92 Å². The second-order valence-corrected chi connectivity index (χ2v) is 5.03. The van der Waals surface area contributed by atoms with Gasteiger partial charge in [-0.05, 0) is 36.6 Å². The van der Waals surface area contributed by atoms with E-state index in [-0.39, 0.29) is 5.91 Å². The standard InChI is InChI=1S/C13H16ClNO2/c1-3-9-8-13(9,14)12(16)15-10-4-6-11(17-2)7-5-10/h4-7,9H,3,8H2,1-2H3,(H,15,16). The van der Waals surface area contributed by atoms with E-state index >= 15 is 0 Å². The number of rotatable bonds is 4. The Kier molecular flexibility index (Phi) is 3.29. The lowest BCUT2D eigenvalue weighted by Gasteiger charge is -2.10. The van der Waals surface area contributed by atoms with Crippen molar-refractivity contribution >= 4 is 23.2 Å². The van der Waals surface area contributed by atoms with Gasteiger partial charge in [-0.15, -0.1) is 11.6 Å². The SMILES string of the molecule is CCC1CC1(Cl)C(=O)Nc1ccc(OC)cc1. The van der Waals surface area contributed by atoms with Crippen LogP contribution < -0.4 is 10.1 Å². The highest BCUT2D eigenvalue weighted by molar-refractivity contribution is 6.39. The minimum atomic E-state index is -0.686. The molecule has 1 aliphatic rings. The molecule has 0 spiro atoms.